The molecule has 1 N–H and O–H groups in total. The maximum atomic E-state index is 12.5. The van der Waals surface area contributed by atoms with Crippen molar-refractivity contribution in [2.24, 2.45) is 5.92 Å². The van der Waals surface area contributed by atoms with Crippen molar-refractivity contribution in [2.75, 3.05) is 33.4 Å². The summed E-state index contributed by atoms with van der Waals surface area (Å²) in [7, 11) is 1.58. The van der Waals surface area contributed by atoms with Gasteiger partial charge in [0.2, 0.25) is 0 Å². The molecule has 1 aliphatic heterocycles. The van der Waals surface area contributed by atoms with Crippen LogP contribution >= 0.6 is 0 Å². The number of nitrogens with one attached hydrogen (secondary N) is 1. The van der Waals surface area contributed by atoms with E-state index in [1.807, 2.05) is 4.90 Å². The molecule has 2 amide bonds. The number of piperidine rings is 1. The van der Waals surface area contributed by atoms with Crippen LogP contribution in [0.5, 0.6) is 0 Å². The van der Waals surface area contributed by atoms with E-state index in [0.29, 0.717) is 30.3 Å². The van der Waals surface area contributed by atoms with Gasteiger partial charge in [0, 0.05) is 38.5 Å². The Morgan fingerprint density at radius 1 is 1.50 bits per heavy atom. The number of nitrogens with zero attached hydrogens (tertiary/aromatic N) is 2. The number of carbonyl (C=O) groups is 2. The van der Waals surface area contributed by atoms with E-state index < -0.39 is 0 Å². The number of carbonyl (C=O) groups excluding carboxylic acids is 2. The number of amides is 2. The zero-order chi connectivity index (χ0) is 15.9. The number of hydrogen-bond acceptors (Lipinski definition) is 4. The third-order valence-electron chi connectivity index (χ3n) is 3.78. The average Bonchev–Trinajstić information content (AvgIpc) is 2.54. The molecule has 0 spiro atoms. The number of ether oxygens (including phenoxy) is 1. The second kappa shape index (κ2) is 7.89. The summed E-state index contributed by atoms with van der Waals surface area (Å²) in [6.45, 7) is 4.55. The van der Waals surface area contributed by atoms with Gasteiger partial charge < -0.3 is 15.0 Å². The van der Waals surface area contributed by atoms with E-state index >= 15 is 0 Å². The number of aromatic nitrogens is 1. The molecular formula is C16H23N3O3. The predicted molar refractivity (Wildman–Crippen MR) is 82.7 cm³/mol. The van der Waals surface area contributed by atoms with E-state index in [2.05, 4.69) is 17.2 Å². The summed E-state index contributed by atoms with van der Waals surface area (Å²) in [6, 6.07) is 3.17. The fourth-order valence-electron chi connectivity index (χ4n) is 2.59. The highest BCUT2D eigenvalue weighted by Crippen LogP contribution is 2.17. The van der Waals surface area contributed by atoms with Gasteiger partial charge in [-0.2, -0.15) is 0 Å². The van der Waals surface area contributed by atoms with Gasteiger partial charge in [-0.1, -0.05) is 6.92 Å². The average molecular weight is 305 g/mol. The molecular weight excluding hydrogens is 282 g/mol. The highest BCUT2D eigenvalue weighted by molar-refractivity contribution is 5.98. The van der Waals surface area contributed by atoms with Crippen LogP contribution < -0.4 is 5.32 Å². The molecule has 0 radical (unpaired) electrons. The van der Waals surface area contributed by atoms with Crippen molar-refractivity contribution >= 4 is 11.8 Å². The fraction of sp³-hybridized carbons (Fsp3) is 0.562. The van der Waals surface area contributed by atoms with E-state index in [0.717, 1.165) is 25.9 Å². The van der Waals surface area contributed by atoms with Crippen LogP contribution in [0.15, 0.2) is 18.3 Å². The molecule has 2 heterocycles. The minimum absolute atomic E-state index is 0.0990. The normalized spacial score (nSPS) is 18.1. The zero-order valence-electron chi connectivity index (χ0n) is 13.2. The lowest BCUT2D eigenvalue weighted by Crippen LogP contribution is -2.39. The standard InChI is InChI=1S/C16H23N3O3/c1-12-4-3-8-19(11-12)16(21)14-10-13(5-6-17-14)15(20)18-7-9-22-2/h5-6,10,12H,3-4,7-9,11H2,1-2H3,(H,18,20). The molecule has 1 aromatic rings. The van der Waals surface area contributed by atoms with Crippen LogP contribution in [0.4, 0.5) is 0 Å². The third-order valence-corrected chi connectivity index (χ3v) is 3.78. The molecule has 1 fully saturated rings. The molecule has 1 aliphatic rings. The first-order valence-electron chi connectivity index (χ1n) is 7.64. The monoisotopic (exact) mass is 305 g/mol. The highest BCUT2D eigenvalue weighted by atomic mass is 16.5. The van der Waals surface area contributed by atoms with Gasteiger partial charge in [0.15, 0.2) is 0 Å². The van der Waals surface area contributed by atoms with Crippen LogP contribution in [0.2, 0.25) is 0 Å². The van der Waals surface area contributed by atoms with Gasteiger partial charge in [-0.3, -0.25) is 14.6 Å². The number of methoxy groups -OCH3 is 1. The lowest BCUT2D eigenvalue weighted by molar-refractivity contribution is 0.0677. The van der Waals surface area contributed by atoms with E-state index in [1.54, 1.807) is 19.2 Å². The van der Waals surface area contributed by atoms with Gasteiger partial charge in [0.25, 0.3) is 11.8 Å². The Labute approximate surface area is 130 Å². The molecule has 2 rings (SSSR count). The van der Waals surface area contributed by atoms with Crippen molar-refractivity contribution < 1.29 is 14.3 Å². The Bertz CT molecular complexity index is 533. The topological polar surface area (TPSA) is 71.5 Å². The summed E-state index contributed by atoms with van der Waals surface area (Å²) in [4.78, 5) is 30.4. The lowest BCUT2D eigenvalue weighted by atomic mass is 10.00. The highest BCUT2D eigenvalue weighted by Gasteiger charge is 2.23. The van der Waals surface area contributed by atoms with Crippen molar-refractivity contribution in [3.05, 3.63) is 29.6 Å². The molecule has 6 nitrogen and oxygen atoms in total. The second-order valence-electron chi connectivity index (χ2n) is 5.68. The Kier molecular flexibility index (Phi) is 5.89. The first kappa shape index (κ1) is 16.4. The minimum atomic E-state index is -0.222. The maximum absolute atomic E-state index is 12.5. The van der Waals surface area contributed by atoms with Crippen LogP contribution in [0.25, 0.3) is 0 Å². The van der Waals surface area contributed by atoms with Gasteiger partial charge in [-0.25, -0.2) is 0 Å². The Hall–Kier alpha value is -1.95. The smallest absolute Gasteiger partial charge is 0.272 e. The summed E-state index contributed by atoms with van der Waals surface area (Å²) in [6.07, 6.45) is 3.68. The summed E-state index contributed by atoms with van der Waals surface area (Å²) < 4.78 is 4.89. The van der Waals surface area contributed by atoms with Gasteiger partial charge in [-0.15, -0.1) is 0 Å². The van der Waals surface area contributed by atoms with Gasteiger partial charge in [0.05, 0.1) is 6.61 Å². The number of pyridine rings is 1. The van der Waals surface area contributed by atoms with Gasteiger partial charge in [-0.05, 0) is 30.9 Å². The molecule has 0 aliphatic carbocycles. The molecule has 1 unspecified atom stereocenters. The third kappa shape index (κ3) is 4.27. The molecule has 1 atom stereocenters. The van der Waals surface area contributed by atoms with E-state index in [4.69, 9.17) is 4.74 Å². The molecule has 120 valence electrons. The predicted octanol–water partition coefficient (Wildman–Crippen LogP) is 1.33. The Morgan fingerprint density at radius 3 is 3.05 bits per heavy atom. The van der Waals surface area contributed by atoms with Gasteiger partial charge >= 0.3 is 0 Å². The molecule has 0 aromatic carbocycles. The van der Waals surface area contributed by atoms with Gasteiger partial charge in [0.1, 0.15) is 5.69 Å². The first-order chi connectivity index (χ1) is 10.6. The second-order valence-corrected chi connectivity index (χ2v) is 5.68. The summed E-state index contributed by atoms with van der Waals surface area (Å²) in [5.41, 5.74) is 0.771. The Balaban J connectivity index is 2.04. The molecule has 0 saturated carbocycles. The number of likely N-dealkylation sites (tertiary alicyclic amines) is 1. The molecule has 1 aromatic heterocycles. The van der Waals surface area contributed by atoms with Crippen LogP contribution in [-0.2, 0) is 4.74 Å². The molecule has 1 saturated heterocycles. The Morgan fingerprint density at radius 2 is 2.32 bits per heavy atom. The van der Waals surface area contributed by atoms with Crippen LogP contribution in [0.1, 0.15) is 40.6 Å². The van der Waals surface area contributed by atoms with E-state index in [1.165, 1.54) is 6.20 Å². The van der Waals surface area contributed by atoms with Crippen LogP contribution in [0, 0.1) is 5.92 Å². The van der Waals surface area contributed by atoms with Crippen molar-refractivity contribution in [3.63, 3.8) is 0 Å². The number of rotatable bonds is 5. The first-order valence-corrected chi connectivity index (χ1v) is 7.64. The van der Waals surface area contributed by atoms with Crippen LogP contribution in [0.3, 0.4) is 0 Å². The minimum Gasteiger partial charge on any atom is -0.383 e. The van der Waals surface area contributed by atoms with Crippen molar-refractivity contribution in [3.8, 4) is 0 Å². The molecule has 6 heteroatoms. The van der Waals surface area contributed by atoms with E-state index in [9.17, 15) is 9.59 Å². The van der Waals surface area contributed by atoms with Crippen molar-refractivity contribution in [1.82, 2.24) is 15.2 Å². The maximum Gasteiger partial charge on any atom is 0.272 e. The lowest BCUT2D eigenvalue weighted by Gasteiger charge is -2.30. The molecule has 0 bridgehead atoms. The van der Waals surface area contributed by atoms with Crippen molar-refractivity contribution in [2.45, 2.75) is 19.8 Å². The largest absolute Gasteiger partial charge is 0.383 e. The van der Waals surface area contributed by atoms with Crippen molar-refractivity contribution in [1.29, 1.82) is 0 Å². The van der Waals surface area contributed by atoms with E-state index in [-0.39, 0.29) is 11.8 Å². The zero-order valence-corrected chi connectivity index (χ0v) is 13.2. The fourth-order valence-corrected chi connectivity index (χ4v) is 2.59. The summed E-state index contributed by atoms with van der Waals surface area (Å²) in [5.74, 6) is 0.192. The quantitative estimate of drug-likeness (QED) is 0.833. The van der Waals surface area contributed by atoms with Crippen LogP contribution in [-0.4, -0.2) is 55.0 Å². The SMILES string of the molecule is COCCNC(=O)c1ccnc(C(=O)N2CCCC(C)C2)c1. The summed E-state index contributed by atoms with van der Waals surface area (Å²) in [5, 5.41) is 2.74. The molecule has 22 heavy (non-hydrogen) atoms. The summed E-state index contributed by atoms with van der Waals surface area (Å²) >= 11 is 0. The number of hydrogen-bond donors (Lipinski definition) is 1.